The Balaban J connectivity index is 4.10. The predicted molar refractivity (Wildman–Crippen MR) is 54.5 cm³/mol. The van der Waals surface area contributed by atoms with Crippen molar-refractivity contribution < 1.29 is 24.2 Å². The summed E-state index contributed by atoms with van der Waals surface area (Å²) in [5.74, 6) is -2.05. The summed E-state index contributed by atoms with van der Waals surface area (Å²) in [5, 5.41) is 8.41. The number of nitrogens with two attached hydrogens (primary N) is 1. The summed E-state index contributed by atoms with van der Waals surface area (Å²) in [6, 6.07) is -0.911. The Hall–Kier alpha value is -1.63. The third kappa shape index (κ3) is 5.30. The van der Waals surface area contributed by atoms with Gasteiger partial charge in [0.25, 0.3) is 0 Å². The van der Waals surface area contributed by atoms with Crippen molar-refractivity contribution in [1.82, 2.24) is 4.90 Å². The van der Waals surface area contributed by atoms with Crippen LogP contribution in [0, 0.1) is 0 Å². The van der Waals surface area contributed by atoms with Gasteiger partial charge in [0.05, 0.1) is 13.2 Å². The van der Waals surface area contributed by atoms with Gasteiger partial charge in [-0.05, 0) is 6.42 Å². The van der Waals surface area contributed by atoms with Crippen LogP contribution < -0.4 is 5.73 Å². The molecule has 0 aliphatic carbocycles. The van der Waals surface area contributed by atoms with Gasteiger partial charge in [0.15, 0.2) is 0 Å². The average Bonchev–Trinajstić information content (AvgIpc) is 2.24. The Morgan fingerprint density at radius 2 is 2.00 bits per heavy atom. The Morgan fingerprint density at radius 1 is 1.44 bits per heavy atom. The molecule has 0 radical (unpaired) electrons. The predicted octanol–water partition coefficient (Wildman–Crippen LogP) is -1.19. The third-order valence-electron chi connectivity index (χ3n) is 1.96. The molecule has 0 rings (SSSR count). The van der Waals surface area contributed by atoms with Crippen LogP contribution in [0.2, 0.25) is 0 Å². The number of ether oxygens (including phenoxy) is 1. The zero-order chi connectivity index (χ0) is 12.7. The van der Waals surface area contributed by atoms with Gasteiger partial charge in [-0.1, -0.05) is 0 Å². The molecular weight excluding hydrogens is 216 g/mol. The summed E-state index contributed by atoms with van der Waals surface area (Å²) in [6.07, 6.45) is -0.140. The number of amides is 1. The van der Waals surface area contributed by atoms with Gasteiger partial charge >= 0.3 is 11.9 Å². The zero-order valence-corrected chi connectivity index (χ0v) is 9.30. The molecule has 0 fully saturated rings. The average molecular weight is 232 g/mol. The normalized spacial score (nSPS) is 11.7. The molecule has 0 spiro atoms. The van der Waals surface area contributed by atoms with Crippen LogP contribution in [0.4, 0.5) is 0 Å². The summed E-state index contributed by atoms with van der Waals surface area (Å²) in [5.41, 5.74) is 5.48. The van der Waals surface area contributed by atoms with E-state index in [2.05, 4.69) is 4.74 Å². The molecule has 16 heavy (non-hydrogen) atoms. The molecule has 7 heteroatoms. The van der Waals surface area contributed by atoms with Crippen LogP contribution in [-0.4, -0.2) is 54.6 Å². The Bertz CT molecular complexity index is 279. The van der Waals surface area contributed by atoms with E-state index in [0.29, 0.717) is 0 Å². The zero-order valence-electron chi connectivity index (χ0n) is 9.30. The number of likely N-dealkylation sites (N-methyl/N-ethyl adjacent to an activating group) is 1. The summed E-state index contributed by atoms with van der Waals surface area (Å²) in [6.45, 7) is -0.198. The highest BCUT2D eigenvalue weighted by atomic mass is 16.5. The first kappa shape index (κ1) is 14.4. The summed E-state index contributed by atoms with van der Waals surface area (Å²) in [4.78, 5) is 33.7. The van der Waals surface area contributed by atoms with E-state index in [1.54, 1.807) is 0 Å². The second-order valence-corrected chi connectivity index (χ2v) is 3.31. The Morgan fingerprint density at radius 3 is 2.44 bits per heavy atom. The van der Waals surface area contributed by atoms with E-state index in [-0.39, 0.29) is 19.4 Å². The molecule has 92 valence electrons. The van der Waals surface area contributed by atoms with Crippen molar-refractivity contribution in [2.24, 2.45) is 5.73 Å². The Labute approximate surface area is 93.2 Å². The van der Waals surface area contributed by atoms with Crippen LogP contribution in [0.25, 0.3) is 0 Å². The second kappa shape index (κ2) is 6.78. The lowest BCUT2D eigenvalue weighted by atomic mass is 10.1. The van der Waals surface area contributed by atoms with Crippen molar-refractivity contribution in [3.8, 4) is 0 Å². The van der Waals surface area contributed by atoms with E-state index in [0.717, 1.165) is 4.90 Å². The van der Waals surface area contributed by atoms with Crippen LogP contribution >= 0.6 is 0 Å². The number of aliphatic carboxylic acids is 1. The van der Waals surface area contributed by atoms with Gasteiger partial charge in [0.1, 0.15) is 6.54 Å². The van der Waals surface area contributed by atoms with Crippen LogP contribution in [0.15, 0.2) is 0 Å². The van der Waals surface area contributed by atoms with E-state index < -0.39 is 23.9 Å². The number of carboxylic acid groups (broad SMARTS) is 1. The van der Waals surface area contributed by atoms with Crippen LogP contribution in [0.5, 0.6) is 0 Å². The maximum absolute atomic E-state index is 11.5. The lowest BCUT2D eigenvalue weighted by Crippen LogP contribution is -2.44. The van der Waals surface area contributed by atoms with Crippen molar-refractivity contribution in [2.45, 2.75) is 18.9 Å². The molecule has 0 aromatic rings. The minimum atomic E-state index is -1.01. The lowest BCUT2D eigenvalue weighted by molar-refractivity contribution is -0.146. The molecule has 0 saturated heterocycles. The van der Waals surface area contributed by atoms with Crippen LogP contribution in [0.3, 0.4) is 0 Å². The highest BCUT2D eigenvalue weighted by Gasteiger charge is 2.20. The van der Waals surface area contributed by atoms with E-state index >= 15 is 0 Å². The van der Waals surface area contributed by atoms with E-state index in [4.69, 9.17) is 10.8 Å². The van der Waals surface area contributed by atoms with Crippen molar-refractivity contribution in [1.29, 1.82) is 0 Å². The molecule has 1 amide bonds. The SMILES string of the molecule is COC(=O)CN(C)C(=O)C(N)CCC(=O)O. The first-order valence-corrected chi connectivity index (χ1v) is 4.67. The molecule has 7 nitrogen and oxygen atoms in total. The summed E-state index contributed by atoms with van der Waals surface area (Å²) < 4.78 is 4.38. The monoisotopic (exact) mass is 232 g/mol. The number of carboxylic acids is 1. The van der Waals surface area contributed by atoms with Crippen LogP contribution in [0.1, 0.15) is 12.8 Å². The van der Waals surface area contributed by atoms with Gasteiger partial charge in [-0.3, -0.25) is 14.4 Å². The first-order valence-electron chi connectivity index (χ1n) is 4.67. The summed E-state index contributed by atoms with van der Waals surface area (Å²) >= 11 is 0. The fraction of sp³-hybridized carbons (Fsp3) is 0.667. The summed E-state index contributed by atoms with van der Waals surface area (Å²) in [7, 11) is 2.62. The van der Waals surface area contributed by atoms with Gasteiger partial charge in [0, 0.05) is 13.5 Å². The number of hydrogen-bond acceptors (Lipinski definition) is 5. The van der Waals surface area contributed by atoms with E-state index in [1.807, 2.05) is 0 Å². The lowest BCUT2D eigenvalue weighted by Gasteiger charge is -2.19. The molecule has 0 bridgehead atoms. The number of methoxy groups -OCH3 is 1. The molecule has 3 N–H and O–H groups in total. The molecule has 0 heterocycles. The molecule has 1 unspecified atom stereocenters. The molecule has 0 aromatic heterocycles. The van der Waals surface area contributed by atoms with Crippen LogP contribution in [-0.2, 0) is 19.1 Å². The topological polar surface area (TPSA) is 110 Å². The number of rotatable bonds is 6. The van der Waals surface area contributed by atoms with Gasteiger partial charge in [-0.25, -0.2) is 0 Å². The largest absolute Gasteiger partial charge is 0.481 e. The number of carbonyl (C=O) groups is 3. The molecule has 0 saturated carbocycles. The molecule has 1 atom stereocenters. The maximum atomic E-state index is 11.5. The highest BCUT2D eigenvalue weighted by molar-refractivity contribution is 5.85. The number of esters is 1. The molecule has 0 aromatic carbocycles. The highest BCUT2D eigenvalue weighted by Crippen LogP contribution is 1.99. The Kier molecular flexibility index (Phi) is 6.09. The van der Waals surface area contributed by atoms with Crippen molar-refractivity contribution in [2.75, 3.05) is 20.7 Å². The quantitative estimate of drug-likeness (QED) is 0.557. The number of nitrogens with zero attached hydrogens (tertiary/aromatic N) is 1. The molecule has 0 aliphatic heterocycles. The van der Waals surface area contributed by atoms with E-state index in [1.165, 1.54) is 14.2 Å². The third-order valence-corrected chi connectivity index (χ3v) is 1.96. The first-order chi connectivity index (χ1) is 7.38. The minimum Gasteiger partial charge on any atom is -0.481 e. The maximum Gasteiger partial charge on any atom is 0.325 e. The fourth-order valence-electron chi connectivity index (χ4n) is 1.02. The minimum absolute atomic E-state index is 0.0413. The van der Waals surface area contributed by atoms with Gasteiger partial charge in [0.2, 0.25) is 5.91 Å². The standard InChI is InChI=1S/C9H16N2O5/c1-11(5-8(14)16-2)9(15)6(10)3-4-7(12)13/h6H,3-5,10H2,1-2H3,(H,12,13). The van der Waals surface area contributed by atoms with Crippen molar-refractivity contribution in [3.05, 3.63) is 0 Å². The second-order valence-electron chi connectivity index (χ2n) is 3.31. The fourth-order valence-corrected chi connectivity index (χ4v) is 1.02. The smallest absolute Gasteiger partial charge is 0.325 e. The van der Waals surface area contributed by atoms with Crippen molar-refractivity contribution >= 4 is 17.8 Å². The molecular formula is C9H16N2O5. The number of carbonyl (C=O) groups excluding carboxylic acids is 2. The van der Waals surface area contributed by atoms with Gasteiger partial charge in [-0.15, -0.1) is 0 Å². The van der Waals surface area contributed by atoms with Crippen molar-refractivity contribution in [3.63, 3.8) is 0 Å². The van der Waals surface area contributed by atoms with Gasteiger partial charge < -0.3 is 20.5 Å². The number of hydrogen-bond donors (Lipinski definition) is 2. The molecule has 0 aliphatic rings. The van der Waals surface area contributed by atoms with E-state index in [9.17, 15) is 14.4 Å². The van der Waals surface area contributed by atoms with Gasteiger partial charge in [-0.2, -0.15) is 0 Å².